The van der Waals surface area contributed by atoms with Crippen LogP contribution in [0.1, 0.15) is 38.2 Å². The van der Waals surface area contributed by atoms with Crippen molar-refractivity contribution in [1.29, 1.82) is 0 Å². The van der Waals surface area contributed by atoms with Crippen molar-refractivity contribution in [2.24, 2.45) is 5.92 Å². The number of nitrogens with zero attached hydrogens (tertiary/aromatic N) is 4. The van der Waals surface area contributed by atoms with Crippen LogP contribution in [0.5, 0.6) is 0 Å². The molecule has 1 N–H and O–H groups in total. The highest BCUT2D eigenvalue weighted by Gasteiger charge is 2.55. The van der Waals surface area contributed by atoms with Gasteiger partial charge in [0.25, 0.3) is 5.91 Å². The second-order valence-corrected chi connectivity index (χ2v) is 10.4. The minimum Gasteiger partial charge on any atom is -0.340 e. The van der Waals surface area contributed by atoms with Gasteiger partial charge in [-0.25, -0.2) is 9.48 Å². The first-order chi connectivity index (χ1) is 16.9. The summed E-state index contributed by atoms with van der Waals surface area (Å²) in [4.78, 5) is 42.8. The molecule has 1 saturated carbocycles. The summed E-state index contributed by atoms with van der Waals surface area (Å²) in [6, 6.07) is 13.3. The number of hydrogen-bond donors (Lipinski definition) is 1. The molecule has 182 valence electrons. The Morgan fingerprint density at radius 3 is 2.71 bits per heavy atom. The highest BCUT2D eigenvalue weighted by atomic mass is 32.1. The Labute approximate surface area is 208 Å². The summed E-state index contributed by atoms with van der Waals surface area (Å²) in [5, 5.41) is 9.70. The van der Waals surface area contributed by atoms with Crippen molar-refractivity contribution in [3.63, 3.8) is 0 Å². The van der Waals surface area contributed by atoms with E-state index in [-0.39, 0.29) is 24.3 Å². The van der Waals surface area contributed by atoms with Gasteiger partial charge in [-0.2, -0.15) is 5.10 Å². The standard InChI is InChI=1S/C26H29N5O3S/c1-18-9-6-7-13-26(18)24(33)30(25(34)27-26)17-22(32)29(2)15-19-16-31(20-10-4-3-5-11-20)28-23(19)21-12-8-14-35-21/h3-5,8,10-12,14,16,18H,6-7,9,13,15,17H2,1-2H3,(H,27,34). The molecule has 3 heterocycles. The number of rotatable bonds is 6. The van der Waals surface area contributed by atoms with Gasteiger partial charge in [-0.15, -0.1) is 11.3 Å². The van der Waals surface area contributed by atoms with Crippen LogP contribution in [0.2, 0.25) is 0 Å². The number of amides is 4. The van der Waals surface area contributed by atoms with Gasteiger partial charge in [0, 0.05) is 25.4 Å². The fraction of sp³-hybridized carbons (Fsp3) is 0.385. The van der Waals surface area contributed by atoms with Gasteiger partial charge in [0.05, 0.1) is 10.6 Å². The molecule has 1 saturated heterocycles. The molecule has 35 heavy (non-hydrogen) atoms. The van der Waals surface area contributed by atoms with E-state index in [4.69, 9.17) is 5.10 Å². The largest absolute Gasteiger partial charge is 0.340 e. The van der Waals surface area contributed by atoms with E-state index in [1.165, 1.54) is 0 Å². The molecule has 4 amide bonds. The van der Waals surface area contributed by atoms with Crippen molar-refractivity contribution in [2.75, 3.05) is 13.6 Å². The zero-order chi connectivity index (χ0) is 24.6. The predicted octanol–water partition coefficient (Wildman–Crippen LogP) is 4.06. The number of thiophene rings is 1. The van der Waals surface area contributed by atoms with Crippen molar-refractivity contribution in [3.8, 4) is 16.3 Å². The lowest BCUT2D eigenvalue weighted by Crippen LogP contribution is -2.54. The summed E-state index contributed by atoms with van der Waals surface area (Å²) < 4.78 is 1.81. The third-order valence-corrected chi connectivity index (χ3v) is 8.07. The lowest BCUT2D eigenvalue weighted by Gasteiger charge is -2.36. The first-order valence-corrected chi connectivity index (χ1v) is 12.8. The number of hydrogen-bond acceptors (Lipinski definition) is 5. The molecule has 1 spiro atoms. The summed E-state index contributed by atoms with van der Waals surface area (Å²) in [7, 11) is 1.69. The average Bonchev–Trinajstić information content (AvgIpc) is 3.58. The van der Waals surface area contributed by atoms with Gasteiger partial charge in [-0.05, 0) is 42.3 Å². The lowest BCUT2D eigenvalue weighted by molar-refractivity contribution is -0.140. The van der Waals surface area contributed by atoms with Crippen molar-refractivity contribution in [1.82, 2.24) is 24.9 Å². The molecule has 5 rings (SSSR count). The van der Waals surface area contributed by atoms with E-state index in [1.54, 1.807) is 23.3 Å². The quantitative estimate of drug-likeness (QED) is 0.527. The molecular weight excluding hydrogens is 462 g/mol. The van der Waals surface area contributed by atoms with Crippen molar-refractivity contribution in [3.05, 3.63) is 59.6 Å². The van der Waals surface area contributed by atoms with Crippen LogP contribution in [0, 0.1) is 5.92 Å². The zero-order valence-corrected chi connectivity index (χ0v) is 20.8. The molecule has 1 aliphatic heterocycles. The third-order valence-electron chi connectivity index (χ3n) is 7.19. The molecule has 2 unspecified atom stereocenters. The van der Waals surface area contributed by atoms with Crippen molar-refractivity contribution in [2.45, 2.75) is 44.7 Å². The van der Waals surface area contributed by atoms with Crippen LogP contribution in [0.25, 0.3) is 16.3 Å². The number of imide groups is 1. The van der Waals surface area contributed by atoms with Crippen LogP contribution in [-0.2, 0) is 16.1 Å². The van der Waals surface area contributed by atoms with Crippen LogP contribution in [-0.4, -0.2) is 56.6 Å². The molecular formula is C26H29N5O3S. The topological polar surface area (TPSA) is 87.5 Å². The highest BCUT2D eigenvalue weighted by molar-refractivity contribution is 7.13. The van der Waals surface area contributed by atoms with Gasteiger partial charge in [0.15, 0.2) is 0 Å². The Morgan fingerprint density at radius 1 is 1.20 bits per heavy atom. The maximum absolute atomic E-state index is 13.2. The summed E-state index contributed by atoms with van der Waals surface area (Å²) in [5.74, 6) is -0.506. The van der Waals surface area contributed by atoms with Gasteiger partial charge in [-0.1, -0.05) is 44.0 Å². The number of nitrogens with one attached hydrogen (secondary N) is 1. The summed E-state index contributed by atoms with van der Waals surface area (Å²) in [6.45, 7) is 2.05. The molecule has 1 aliphatic carbocycles. The Kier molecular flexibility index (Phi) is 6.19. The van der Waals surface area contributed by atoms with Gasteiger partial charge in [-0.3, -0.25) is 14.5 Å². The number of benzene rings is 1. The minimum atomic E-state index is -0.864. The van der Waals surface area contributed by atoms with E-state index in [1.807, 2.05) is 65.6 Å². The fourth-order valence-corrected chi connectivity index (χ4v) is 5.84. The smallest absolute Gasteiger partial charge is 0.325 e. The van der Waals surface area contributed by atoms with Gasteiger partial charge in [0.2, 0.25) is 5.91 Å². The van der Waals surface area contributed by atoms with Crippen molar-refractivity contribution >= 4 is 29.2 Å². The predicted molar refractivity (Wildman–Crippen MR) is 134 cm³/mol. The molecule has 0 radical (unpaired) electrons. The molecule has 2 aromatic heterocycles. The Balaban J connectivity index is 1.34. The second kappa shape index (κ2) is 9.30. The normalized spacial score (nSPS) is 22.0. The van der Waals surface area contributed by atoms with Gasteiger partial charge < -0.3 is 10.2 Å². The highest BCUT2D eigenvalue weighted by Crippen LogP contribution is 2.38. The summed E-state index contributed by atoms with van der Waals surface area (Å²) in [5.41, 5.74) is 1.77. The SMILES string of the molecule is CC1CCCCC12NC(=O)N(CC(=O)N(C)Cc1cn(-c3ccccc3)nc1-c1cccs1)C2=O. The van der Waals surface area contributed by atoms with E-state index < -0.39 is 11.6 Å². The van der Waals surface area contributed by atoms with Crippen LogP contribution < -0.4 is 5.32 Å². The number of likely N-dealkylation sites (N-methyl/N-ethyl adjacent to an activating group) is 1. The van der Waals surface area contributed by atoms with Gasteiger partial charge in [0.1, 0.15) is 17.8 Å². The fourth-order valence-electron chi connectivity index (χ4n) is 5.10. The maximum Gasteiger partial charge on any atom is 0.325 e. The van der Waals surface area contributed by atoms with Gasteiger partial charge >= 0.3 is 6.03 Å². The maximum atomic E-state index is 13.2. The number of carbonyl (C=O) groups is 3. The third kappa shape index (κ3) is 4.25. The molecule has 9 heteroatoms. The summed E-state index contributed by atoms with van der Waals surface area (Å²) in [6.07, 6.45) is 5.40. The molecule has 2 fully saturated rings. The molecule has 0 bridgehead atoms. The van der Waals surface area contributed by atoms with Crippen LogP contribution in [0.4, 0.5) is 4.79 Å². The average molecular weight is 492 g/mol. The minimum absolute atomic E-state index is 0.0581. The van der Waals surface area contributed by atoms with E-state index in [9.17, 15) is 14.4 Å². The van der Waals surface area contributed by atoms with E-state index in [0.717, 1.165) is 46.0 Å². The Hall–Kier alpha value is -3.46. The number of urea groups is 1. The molecule has 8 nitrogen and oxygen atoms in total. The number of aromatic nitrogens is 2. The molecule has 1 aromatic carbocycles. The van der Waals surface area contributed by atoms with E-state index in [0.29, 0.717) is 13.0 Å². The first-order valence-electron chi connectivity index (χ1n) is 11.9. The second-order valence-electron chi connectivity index (χ2n) is 9.45. The number of carbonyl (C=O) groups excluding carboxylic acids is 3. The zero-order valence-electron chi connectivity index (χ0n) is 19.9. The van der Waals surface area contributed by atoms with Crippen molar-refractivity contribution < 1.29 is 14.4 Å². The van der Waals surface area contributed by atoms with E-state index >= 15 is 0 Å². The molecule has 2 atom stereocenters. The lowest BCUT2D eigenvalue weighted by atomic mass is 9.73. The monoisotopic (exact) mass is 491 g/mol. The Bertz CT molecular complexity index is 1240. The van der Waals surface area contributed by atoms with Crippen LogP contribution in [0.15, 0.2) is 54.0 Å². The van der Waals surface area contributed by atoms with Crippen LogP contribution >= 0.6 is 11.3 Å². The number of para-hydroxylation sites is 1. The first kappa shape index (κ1) is 23.3. The van der Waals surface area contributed by atoms with Crippen LogP contribution in [0.3, 0.4) is 0 Å². The summed E-state index contributed by atoms with van der Waals surface area (Å²) >= 11 is 1.59. The van der Waals surface area contributed by atoms with E-state index in [2.05, 4.69) is 5.32 Å². The molecule has 2 aliphatic rings. The Morgan fingerprint density at radius 2 is 2.00 bits per heavy atom. The molecule has 3 aromatic rings.